The Morgan fingerprint density at radius 3 is 2.61 bits per heavy atom. The maximum atomic E-state index is 14.8. The summed E-state index contributed by atoms with van der Waals surface area (Å²) in [5, 5.41) is 6.47. The van der Waals surface area contributed by atoms with Crippen LogP contribution in [0.3, 0.4) is 0 Å². The van der Waals surface area contributed by atoms with Gasteiger partial charge < -0.3 is 15.4 Å². The van der Waals surface area contributed by atoms with Gasteiger partial charge in [-0.15, -0.1) is 0 Å². The number of amides is 2. The lowest BCUT2D eigenvalue weighted by Crippen LogP contribution is -2.62. The molecule has 38 heavy (non-hydrogen) atoms. The van der Waals surface area contributed by atoms with Gasteiger partial charge >= 0.3 is 0 Å². The van der Waals surface area contributed by atoms with Gasteiger partial charge in [0.1, 0.15) is 16.7 Å². The van der Waals surface area contributed by atoms with Crippen molar-refractivity contribution < 1.29 is 19.1 Å². The third-order valence-electron chi connectivity index (χ3n) is 8.82. The van der Waals surface area contributed by atoms with Crippen molar-refractivity contribution in [2.75, 3.05) is 23.8 Å². The molecule has 7 nitrogen and oxygen atoms in total. The molecule has 0 radical (unpaired) electrons. The molecule has 8 heteroatoms. The monoisotopic (exact) mass is 527 g/mol. The number of Topliss-reactive ketones (excluding diaryl/α,β-unsaturated/α-hetero) is 1. The van der Waals surface area contributed by atoms with E-state index in [1.165, 1.54) is 0 Å². The number of ether oxygens (including phenoxy) is 1. The lowest BCUT2D eigenvalue weighted by atomic mass is 9.57. The quantitative estimate of drug-likeness (QED) is 0.478. The highest BCUT2D eigenvalue weighted by Crippen LogP contribution is 2.68. The average Bonchev–Trinajstić information content (AvgIpc) is 3.64. The van der Waals surface area contributed by atoms with Gasteiger partial charge in [0.05, 0.1) is 28.8 Å². The fourth-order valence-corrected chi connectivity index (χ4v) is 7.91. The lowest BCUT2D eigenvalue weighted by Gasteiger charge is -2.43. The molecule has 3 aromatic carbocycles. The van der Waals surface area contributed by atoms with Crippen molar-refractivity contribution in [2.24, 2.45) is 5.92 Å². The van der Waals surface area contributed by atoms with Crippen molar-refractivity contribution in [3.8, 4) is 5.75 Å². The Hall–Kier alpha value is -3.68. The molecule has 2 N–H and O–H groups in total. The maximum absolute atomic E-state index is 14.8. The van der Waals surface area contributed by atoms with Gasteiger partial charge in [-0.05, 0) is 56.1 Å². The summed E-state index contributed by atoms with van der Waals surface area (Å²) in [6, 6.07) is 19.7. The number of para-hydroxylation sites is 3. The summed E-state index contributed by atoms with van der Waals surface area (Å²) in [4.78, 5) is 45.8. The number of carbonyl (C=O) groups is 3. The molecule has 3 aromatic rings. The number of benzene rings is 3. The zero-order valence-corrected chi connectivity index (χ0v) is 21.5. The van der Waals surface area contributed by atoms with Crippen LogP contribution < -0.4 is 15.4 Å². The van der Waals surface area contributed by atoms with Crippen LogP contribution in [0.15, 0.2) is 66.7 Å². The second-order valence-electron chi connectivity index (χ2n) is 10.3. The second kappa shape index (κ2) is 8.16. The molecular formula is C30H26ClN3O4. The molecule has 0 unspecified atom stereocenters. The van der Waals surface area contributed by atoms with Gasteiger partial charge in [0, 0.05) is 17.3 Å². The first-order valence-corrected chi connectivity index (χ1v) is 13.4. The largest absolute Gasteiger partial charge is 0.493 e. The van der Waals surface area contributed by atoms with Gasteiger partial charge in [0.25, 0.3) is 5.91 Å². The number of fused-ring (bicyclic) bond motifs is 7. The zero-order valence-electron chi connectivity index (χ0n) is 20.8. The van der Waals surface area contributed by atoms with Crippen LogP contribution in [0.5, 0.6) is 5.75 Å². The molecule has 4 aliphatic rings. The number of nitrogens with zero attached hydrogens (tertiary/aromatic N) is 1. The Balaban J connectivity index is 1.58. The van der Waals surface area contributed by atoms with Gasteiger partial charge in [-0.25, -0.2) is 0 Å². The smallest absolute Gasteiger partial charge is 0.251 e. The van der Waals surface area contributed by atoms with Gasteiger partial charge in [0.15, 0.2) is 5.78 Å². The van der Waals surface area contributed by atoms with E-state index in [0.29, 0.717) is 58.4 Å². The molecule has 0 aromatic heterocycles. The number of ketones is 1. The molecule has 7 rings (SSSR count). The topological polar surface area (TPSA) is 87.7 Å². The van der Waals surface area contributed by atoms with E-state index >= 15 is 0 Å². The van der Waals surface area contributed by atoms with Gasteiger partial charge in [-0.3, -0.25) is 19.3 Å². The van der Waals surface area contributed by atoms with E-state index in [-0.39, 0.29) is 23.6 Å². The number of rotatable bonds is 4. The van der Waals surface area contributed by atoms with Crippen LogP contribution in [0, 0.1) is 5.92 Å². The fraction of sp³-hybridized carbons (Fsp3) is 0.300. The molecule has 2 fully saturated rings. The Morgan fingerprint density at radius 1 is 1.00 bits per heavy atom. The van der Waals surface area contributed by atoms with Crippen LogP contribution in [-0.4, -0.2) is 41.7 Å². The van der Waals surface area contributed by atoms with Crippen molar-refractivity contribution in [1.82, 2.24) is 4.90 Å². The van der Waals surface area contributed by atoms with Crippen LogP contribution in [-0.2, 0) is 20.5 Å². The van der Waals surface area contributed by atoms with E-state index in [4.69, 9.17) is 16.3 Å². The Labute approximate surface area is 225 Å². The van der Waals surface area contributed by atoms with Crippen LogP contribution in [0.25, 0.3) is 0 Å². The Morgan fingerprint density at radius 2 is 1.76 bits per heavy atom. The highest BCUT2D eigenvalue weighted by atomic mass is 35.5. The molecule has 2 spiro atoms. The molecule has 4 aliphatic heterocycles. The van der Waals surface area contributed by atoms with Gasteiger partial charge in [0.2, 0.25) is 5.91 Å². The molecule has 0 bridgehead atoms. The molecule has 0 aliphatic carbocycles. The highest BCUT2D eigenvalue weighted by molar-refractivity contribution is 6.35. The minimum absolute atomic E-state index is 0.196. The van der Waals surface area contributed by atoms with Crippen molar-refractivity contribution in [3.05, 3.63) is 88.4 Å². The SMILES string of the molecule is CCOc1ccccc1C(=O)[C@H]1[C@@H]2CCCN2[C@]2(C(=O)Nc3c(Cl)cccc32)[C@]12C(=O)Nc1ccccc12. The molecule has 4 heterocycles. The molecule has 4 atom stereocenters. The molecule has 2 saturated heterocycles. The van der Waals surface area contributed by atoms with E-state index < -0.39 is 16.9 Å². The number of hydrogen-bond donors (Lipinski definition) is 2. The van der Waals surface area contributed by atoms with E-state index in [0.717, 1.165) is 6.42 Å². The summed E-state index contributed by atoms with van der Waals surface area (Å²) in [5.41, 5.74) is -0.0976. The Bertz CT molecular complexity index is 1540. The van der Waals surface area contributed by atoms with Crippen LogP contribution >= 0.6 is 11.6 Å². The minimum Gasteiger partial charge on any atom is -0.493 e. The summed E-state index contributed by atoms with van der Waals surface area (Å²) in [6.45, 7) is 2.85. The number of nitrogens with one attached hydrogen (secondary N) is 2. The fourth-order valence-electron chi connectivity index (χ4n) is 7.69. The number of carbonyl (C=O) groups excluding carboxylic acids is 3. The zero-order chi connectivity index (χ0) is 26.2. The van der Waals surface area contributed by atoms with Crippen molar-refractivity contribution in [3.63, 3.8) is 0 Å². The predicted molar refractivity (Wildman–Crippen MR) is 144 cm³/mol. The van der Waals surface area contributed by atoms with Crippen molar-refractivity contribution in [2.45, 2.75) is 36.8 Å². The number of hydrogen-bond acceptors (Lipinski definition) is 5. The third kappa shape index (κ3) is 2.60. The summed E-state index contributed by atoms with van der Waals surface area (Å²) in [5.74, 6) is -1.22. The summed E-state index contributed by atoms with van der Waals surface area (Å²) in [6.07, 6.45) is 1.50. The molecule has 0 saturated carbocycles. The first-order chi connectivity index (χ1) is 18.5. The van der Waals surface area contributed by atoms with E-state index in [9.17, 15) is 14.4 Å². The van der Waals surface area contributed by atoms with E-state index in [1.54, 1.807) is 30.3 Å². The normalized spacial score (nSPS) is 28.8. The van der Waals surface area contributed by atoms with E-state index in [1.807, 2.05) is 43.3 Å². The first-order valence-electron chi connectivity index (χ1n) is 13.0. The third-order valence-corrected chi connectivity index (χ3v) is 9.13. The highest BCUT2D eigenvalue weighted by Gasteiger charge is 2.81. The Kier molecular flexibility index (Phi) is 5.03. The van der Waals surface area contributed by atoms with Crippen LogP contribution in [0.4, 0.5) is 11.4 Å². The van der Waals surface area contributed by atoms with Gasteiger partial charge in [-0.2, -0.15) is 0 Å². The van der Waals surface area contributed by atoms with Crippen molar-refractivity contribution >= 4 is 40.6 Å². The summed E-state index contributed by atoms with van der Waals surface area (Å²) >= 11 is 6.60. The first kappa shape index (κ1) is 23.4. The minimum atomic E-state index is -1.51. The summed E-state index contributed by atoms with van der Waals surface area (Å²) < 4.78 is 5.85. The predicted octanol–water partition coefficient (Wildman–Crippen LogP) is 4.75. The number of anilines is 2. The van der Waals surface area contributed by atoms with Crippen LogP contribution in [0.1, 0.15) is 41.3 Å². The van der Waals surface area contributed by atoms with Crippen molar-refractivity contribution in [1.29, 1.82) is 0 Å². The molecular weight excluding hydrogens is 502 g/mol. The molecule has 2 amide bonds. The van der Waals surface area contributed by atoms with Crippen LogP contribution in [0.2, 0.25) is 5.02 Å². The molecule has 192 valence electrons. The van der Waals surface area contributed by atoms with E-state index in [2.05, 4.69) is 15.5 Å². The lowest BCUT2D eigenvalue weighted by molar-refractivity contribution is -0.137. The second-order valence-corrected chi connectivity index (χ2v) is 10.7. The number of halogens is 1. The average molecular weight is 528 g/mol. The van der Waals surface area contributed by atoms with Gasteiger partial charge in [-0.1, -0.05) is 54.1 Å². The maximum Gasteiger partial charge on any atom is 0.251 e. The standard InChI is InChI=1S/C30H26ClN3O4/c1-2-38-23-15-6-3-9-17(23)26(35)24-22-14-8-16-34(22)30(19-11-7-12-20(31)25(19)33-28(30)37)29(24)18-10-4-5-13-21(18)32-27(29)36/h3-7,9-13,15,22,24H,2,8,14,16H2,1H3,(H,32,36)(H,33,37)/t22-,24+,29-,30+/m0/s1. The summed E-state index contributed by atoms with van der Waals surface area (Å²) in [7, 11) is 0.